The molecule has 0 radical (unpaired) electrons. The van der Waals surface area contributed by atoms with Crippen LogP contribution in [0.25, 0.3) is 45.8 Å². The molecule has 4 aromatic rings. The minimum atomic E-state index is 0.114. The molecule has 4 fully saturated rings. The average molecular weight is 689 g/mol. The number of fused-ring (bicyclic) bond motifs is 4. The third-order valence-corrected chi connectivity index (χ3v) is 16.1. The van der Waals surface area contributed by atoms with Crippen molar-refractivity contribution in [3.8, 4) is 0 Å². The standard InChI is InChI=1S/C46H52N6/c1-43(2)31-21-23-45(43,5)37(25-31)50-42(51-38-26-32-22-24-46(38,6)44(32,3)4)52(47)41(48-35-19-17-29-15-13-27-9-7-11-33(35)39(27)29)49-36-20-18-30-16-14-28-10-8-12-34(36)40(28)30/h7-20,31-32,37-38H,21-26,47H2,1-6H3,(H,48,49)(H,50,51). The van der Waals surface area contributed by atoms with Crippen LogP contribution in [0.15, 0.2) is 70.6 Å². The molecule has 4 N–H and O–H groups in total. The molecule has 4 saturated carbocycles. The SMILES string of the molecule is CC1(C)C2CCC1(C)C(N=C(NC1CC3CCC1(C)C3(C)C)N(N)C(=Nc1ccc3c4c(cccc14)C=C3)Nc1ccc3c4c(cccc14)C=C3)C2. The Morgan fingerprint density at radius 2 is 1.25 bits per heavy atom. The van der Waals surface area contributed by atoms with Crippen LogP contribution in [-0.4, -0.2) is 29.0 Å². The fraction of sp³-hybridized carbons (Fsp3) is 0.435. The Labute approximate surface area is 308 Å². The van der Waals surface area contributed by atoms with Crippen LogP contribution in [-0.2, 0) is 0 Å². The first-order valence-electron chi connectivity index (χ1n) is 19.6. The van der Waals surface area contributed by atoms with Gasteiger partial charge in [0.25, 0.3) is 0 Å². The van der Waals surface area contributed by atoms with E-state index in [0.717, 1.165) is 40.9 Å². The van der Waals surface area contributed by atoms with Gasteiger partial charge in [-0.05, 0) is 117 Å². The highest BCUT2D eigenvalue weighted by Gasteiger charge is 2.63. The molecule has 6 heteroatoms. The van der Waals surface area contributed by atoms with Crippen molar-refractivity contribution in [2.24, 2.45) is 49.3 Å². The Bertz CT molecular complexity index is 2280. The largest absolute Gasteiger partial charge is 0.351 e. The van der Waals surface area contributed by atoms with E-state index >= 15 is 0 Å². The zero-order valence-electron chi connectivity index (χ0n) is 31.6. The number of nitrogens with zero attached hydrogens (tertiary/aromatic N) is 3. The number of aliphatic imine (C=N–C) groups is 2. The van der Waals surface area contributed by atoms with Gasteiger partial charge in [-0.25, -0.2) is 20.8 Å². The molecule has 6 atom stereocenters. The summed E-state index contributed by atoms with van der Waals surface area (Å²) in [7, 11) is 0. The Morgan fingerprint density at radius 1 is 0.673 bits per heavy atom. The lowest BCUT2D eigenvalue weighted by atomic mass is 9.69. The number of rotatable bonds is 4. The molecule has 266 valence electrons. The van der Waals surface area contributed by atoms with Crippen molar-refractivity contribution in [3.63, 3.8) is 0 Å². The zero-order valence-corrected chi connectivity index (χ0v) is 31.6. The van der Waals surface area contributed by atoms with Crippen molar-refractivity contribution in [1.29, 1.82) is 0 Å². The summed E-state index contributed by atoms with van der Waals surface area (Å²) in [5, 5.41) is 14.4. The molecule has 10 rings (SSSR count). The maximum absolute atomic E-state index is 7.49. The molecule has 0 aromatic heterocycles. The maximum Gasteiger partial charge on any atom is 0.225 e. The van der Waals surface area contributed by atoms with Gasteiger partial charge in [0, 0.05) is 22.5 Å². The third kappa shape index (κ3) is 4.27. The van der Waals surface area contributed by atoms with Gasteiger partial charge in [0.05, 0.1) is 11.7 Å². The first-order chi connectivity index (χ1) is 24.9. The van der Waals surface area contributed by atoms with Gasteiger partial charge in [0.2, 0.25) is 11.9 Å². The summed E-state index contributed by atoms with van der Waals surface area (Å²) in [4.78, 5) is 11.2. The molecule has 6 nitrogen and oxygen atoms in total. The molecular weight excluding hydrogens is 637 g/mol. The molecule has 6 aliphatic rings. The first-order valence-corrected chi connectivity index (χ1v) is 19.6. The van der Waals surface area contributed by atoms with Crippen LogP contribution in [0.2, 0.25) is 0 Å². The molecule has 0 saturated heterocycles. The van der Waals surface area contributed by atoms with Crippen LogP contribution in [0.3, 0.4) is 0 Å². The Hall–Kier alpha value is -4.42. The molecule has 0 amide bonds. The second-order valence-corrected chi connectivity index (χ2v) is 18.4. The van der Waals surface area contributed by atoms with Crippen molar-refractivity contribution in [3.05, 3.63) is 82.9 Å². The van der Waals surface area contributed by atoms with Crippen LogP contribution in [0.4, 0.5) is 11.4 Å². The van der Waals surface area contributed by atoms with Gasteiger partial charge in [-0.2, -0.15) is 0 Å². The van der Waals surface area contributed by atoms with E-state index in [1.165, 1.54) is 58.7 Å². The number of nitrogens with two attached hydrogens (primary N) is 1. The summed E-state index contributed by atoms with van der Waals surface area (Å²) in [6, 6.07) is 22.2. The minimum Gasteiger partial charge on any atom is -0.351 e. The van der Waals surface area contributed by atoms with E-state index in [-0.39, 0.29) is 33.7 Å². The smallest absolute Gasteiger partial charge is 0.225 e. The number of hydrogen-bond acceptors (Lipinski definition) is 3. The van der Waals surface area contributed by atoms with Crippen LogP contribution < -0.4 is 16.5 Å². The fourth-order valence-electron chi connectivity index (χ4n) is 11.8. The Kier molecular flexibility index (Phi) is 6.71. The monoisotopic (exact) mass is 688 g/mol. The van der Waals surface area contributed by atoms with Gasteiger partial charge in [-0.1, -0.05) is 114 Å². The van der Waals surface area contributed by atoms with Gasteiger partial charge in [0.1, 0.15) is 0 Å². The van der Waals surface area contributed by atoms with Gasteiger partial charge in [0.15, 0.2) is 0 Å². The third-order valence-electron chi connectivity index (χ3n) is 16.1. The van der Waals surface area contributed by atoms with E-state index in [1.807, 2.05) is 0 Å². The van der Waals surface area contributed by atoms with Crippen molar-refractivity contribution in [2.45, 2.75) is 92.2 Å². The second kappa shape index (κ2) is 10.8. The highest BCUT2D eigenvalue weighted by atomic mass is 15.5. The fourth-order valence-corrected chi connectivity index (χ4v) is 11.8. The highest BCUT2D eigenvalue weighted by Crippen LogP contribution is 2.67. The van der Waals surface area contributed by atoms with Crippen LogP contribution in [0, 0.1) is 33.5 Å². The molecule has 4 aromatic carbocycles. The lowest BCUT2D eigenvalue weighted by molar-refractivity contribution is 0.126. The van der Waals surface area contributed by atoms with Crippen molar-refractivity contribution < 1.29 is 0 Å². The number of guanidine groups is 2. The van der Waals surface area contributed by atoms with Gasteiger partial charge in [-0.15, -0.1) is 0 Å². The number of hydrogen-bond donors (Lipinski definition) is 3. The molecule has 4 bridgehead atoms. The van der Waals surface area contributed by atoms with Gasteiger partial charge in [-0.3, -0.25) is 0 Å². The number of anilines is 1. The molecule has 0 aliphatic heterocycles. The molecule has 52 heavy (non-hydrogen) atoms. The van der Waals surface area contributed by atoms with E-state index < -0.39 is 0 Å². The second-order valence-electron chi connectivity index (χ2n) is 18.4. The highest BCUT2D eigenvalue weighted by molar-refractivity contribution is 6.15. The molecule has 0 heterocycles. The van der Waals surface area contributed by atoms with Crippen molar-refractivity contribution >= 4 is 69.1 Å². The lowest BCUT2D eigenvalue weighted by Crippen LogP contribution is -2.57. The quantitative estimate of drug-likeness (QED) is 0.0746. The van der Waals surface area contributed by atoms with E-state index in [1.54, 1.807) is 5.01 Å². The predicted octanol–water partition coefficient (Wildman–Crippen LogP) is 10.6. The molecule has 0 spiro atoms. The van der Waals surface area contributed by atoms with Gasteiger partial charge >= 0.3 is 0 Å². The average Bonchev–Trinajstić information content (AvgIpc) is 3.92. The lowest BCUT2D eigenvalue weighted by Gasteiger charge is -2.41. The zero-order chi connectivity index (χ0) is 35.8. The van der Waals surface area contributed by atoms with Crippen LogP contribution in [0.1, 0.15) is 102 Å². The van der Waals surface area contributed by atoms with E-state index in [4.69, 9.17) is 15.8 Å². The van der Waals surface area contributed by atoms with E-state index in [9.17, 15) is 0 Å². The van der Waals surface area contributed by atoms with Crippen LogP contribution >= 0.6 is 0 Å². The summed E-state index contributed by atoms with van der Waals surface area (Å²) in [5.74, 6) is 10.1. The summed E-state index contributed by atoms with van der Waals surface area (Å²) in [6.07, 6.45) is 16.0. The summed E-state index contributed by atoms with van der Waals surface area (Å²) >= 11 is 0. The minimum absolute atomic E-state index is 0.114. The molecule has 6 aliphatic carbocycles. The normalized spacial score (nSPS) is 31.4. The van der Waals surface area contributed by atoms with Crippen LogP contribution in [0.5, 0.6) is 0 Å². The molecular formula is C46H52N6. The number of hydrazine groups is 1. The number of nitrogens with one attached hydrogen (secondary N) is 2. The van der Waals surface area contributed by atoms with Gasteiger partial charge < -0.3 is 10.6 Å². The topological polar surface area (TPSA) is 78.0 Å². The summed E-state index contributed by atoms with van der Waals surface area (Å²) in [6.45, 7) is 14.9. The first kappa shape index (κ1) is 32.2. The maximum atomic E-state index is 7.49. The van der Waals surface area contributed by atoms with E-state index in [2.05, 4.69) is 137 Å². The molecule has 6 unspecified atom stereocenters. The Morgan fingerprint density at radius 3 is 1.85 bits per heavy atom. The number of benzene rings is 4. The summed E-state index contributed by atoms with van der Waals surface area (Å²) < 4.78 is 0. The van der Waals surface area contributed by atoms with Crippen molar-refractivity contribution in [1.82, 2.24) is 10.3 Å². The van der Waals surface area contributed by atoms with E-state index in [0.29, 0.717) is 17.8 Å². The predicted molar refractivity (Wildman–Crippen MR) is 219 cm³/mol. The summed E-state index contributed by atoms with van der Waals surface area (Å²) in [5.41, 5.74) is 7.55. The van der Waals surface area contributed by atoms with Crippen molar-refractivity contribution in [2.75, 3.05) is 5.32 Å². The Balaban J connectivity index is 1.12.